The van der Waals surface area contributed by atoms with Gasteiger partial charge in [0.1, 0.15) is 0 Å². The standard InChI is InChI=1S/C17H24N2O3/c1-11-5-12(2)7-15(6-11)17(21)18-8-16(20)19-13(3)9-22-10-14(19)4/h5-7,13-14H,8-10H2,1-4H3,(H,18,21). The third-order valence-corrected chi connectivity index (χ3v) is 3.84. The minimum atomic E-state index is -0.214. The minimum absolute atomic E-state index is 0.0144. The third-order valence-electron chi connectivity index (χ3n) is 3.84. The van der Waals surface area contributed by atoms with Gasteiger partial charge in [0.25, 0.3) is 5.91 Å². The topological polar surface area (TPSA) is 58.6 Å². The Labute approximate surface area is 131 Å². The Balaban J connectivity index is 1.96. The van der Waals surface area contributed by atoms with Gasteiger partial charge in [-0.25, -0.2) is 0 Å². The van der Waals surface area contributed by atoms with Gasteiger partial charge in [-0.15, -0.1) is 0 Å². The van der Waals surface area contributed by atoms with E-state index in [4.69, 9.17) is 4.74 Å². The lowest BCUT2D eigenvalue weighted by atomic mass is 10.1. The fraction of sp³-hybridized carbons (Fsp3) is 0.529. The molecule has 0 spiro atoms. The molecule has 5 heteroatoms. The fourth-order valence-electron chi connectivity index (χ4n) is 2.95. The maximum absolute atomic E-state index is 12.3. The molecule has 1 aromatic carbocycles. The lowest BCUT2D eigenvalue weighted by Gasteiger charge is -2.38. The second-order valence-corrected chi connectivity index (χ2v) is 6.10. The quantitative estimate of drug-likeness (QED) is 0.924. The lowest BCUT2D eigenvalue weighted by Crippen LogP contribution is -2.55. The second kappa shape index (κ2) is 6.92. The number of carbonyl (C=O) groups excluding carboxylic acids is 2. The summed E-state index contributed by atoms with van der Waals surface area (Å²) in [6.45, 7) is 8.92. The van der Waals surface area contributed by atoms with E-state index in [1.165, 1.54) is 0 Å². The van der Waals surface area contributed by atoms with E-state index < -0.39 is 0 Å². The zero-order valence-corrected chi connectivity index (χ0v) is 13.7. The summed E-state index contributed by atoms with van der Waals surface area (Å²) in [5, 5.41) is 2.72. The van der Waals surface area contributed by atoms with Crippen LogP contribution in [0.3, 0.4) is 0 Å². The van der Waals surface area contributed by atoms with E-state index >= 15 is 0 Å². The average Bonchev–Trinajstić information content (AvgIpc) is 2.43. The van der Waals surface area contributed by atoms with E-state index in [0.29, 0.717) is 18.8 Å². The lowest BCUT2D eigenvalue weighted by molar-refractivity contribution is -0.142. The van der Waals surface area contributed by atoms with E-state index in [-0.39, 0.29) is 30.4 Å². The number of hydrogen-bond donors (Lipinski definition) is 1. The van der Waals surface area contributed by atoms with Crippen LogP contribution in [0.2, 0.25) is 0 Å². The highest BCUT2D eigenvalue weighted by Crippen LogP contribution is 2.13. The van der Waals surface area contributed by atoms with Gasteiger partial charge in [-0.2, -0.15) is 0 Å². The molecule has 0 saturated carbocycles. The molecular weight excluding hydrogens is 280 g/mol. The van der Waals surface area contributed by atoms with Crippen molar-refractivity contribution in [1.29, 1.82) is 0 Å². The van der Waals surface area contributed by atoms with Crippen molar-refractivity contribution in [2.24, 2.45) is 0 Å². The highest BCUT2D eigenvalue weighted by Gasteiger charge is 2.29. The highest BCUT2D eigenvalue weighted by molar-refractivity contribution is 5.96. The monoisotopic (exact) mass is 304 g/mol. The van der Waals surface area contributed by atoms with Gasteiger partial charge in [0, 0.05) is 5.56 Å². The Morgan fingerprint density at radius 1 is 1.14 bits per heavy atom. The summed E-state index contributed by atoms with van der Waals surface area (Å²) in [5.41, 5.74) is 2.66. The Hall–Kier alpha value is -1.88. The number of benzene rings is 1. The number of hydrogen-bond acceptors (Lipinski definition) is 3. The summed E-state index contributed by atoms with van der Waals surface area (Å²) in [4.78, 5) is 26.3. The maximum atomic E-state index is 12.3. The zero-order valence-electron chi connectivity index (χ0n) is 13.7. The number of nitrogens with one attached hydrogen (secondary N) is 1. The molecule has 1 heterocycles. The first-order valence-corrected chi connectivity index (χ1v) is 7.64. The van der Waals surface area contributed by atoms with Crippen molar-refractivity contribution in [3.63, 3.8) is 0 Å². The molecule has 2 amide bonds. The summed E-state index contributed by atoms with van der Waals surface area (Å²) >= 11 is 0. The smallest absolute Gasteiger partial charge is 0.251 e. The first-order valence-electron chi connectivity index (χ1n) is 7.64. The average molecular weight is 304 g/mol. The Morgan fingerprint density at radius 2 is 1.68 bits per heavy atom. The summed E-state index contributed by atoms with van der Waals surface area (Å²) in [6.07, 6.45) is 0. The molecule has 2 rings (SSSR count). The highest BCUT2D eigenvalue weighted by atomic mass is 16.5. The molecule has 1 aliphatic rings. The van der Waals surface area contributed by atoms with E-state index in [2.05, 4.69) is 5.32 Å². The molecule has 22 heavy (non-hydrogen) atoms. The SMILES string of the molecule is Cc1cc(C)cc(C(=O)NCC(=O)N2C(C)COCC2C)c1. The third kappa shape index (κ3) is 3.85. The van der Waals surface area contributed by atoms with Gasteiger partial charge < -0.3 is 15.0 Å². The Morgan fingerprint density at radius 3 is 2.23 bits per heavy atom. The number of ether oxygens (including phenoxy) is 1. The molecule has 1 aromatic rings. The van der Waals surface area contributed by atoms with Gasteiger partial charge in [0.15, 0.2) is 0 Å². The van der Waals surface area contributed by atoms with Crippen molar-refractivity contribution in [3.05, 3.63) is 34.9 Å². The van der Waals surface area contributed by atoms with Crippen LogP contribution >= 0.6 is 0 Å². The maximum Gasteiger partial charge on any atom is 0.251 e. The van der Waals surface area contributed by atoms with Crippen molar-refractivity contribution >= 4 is 11.8 Å². The summed E-state index contributed by atoms with van der Waals surface area (Å²) < 4.78 is 5.41. The second-order valence-electron chi connectivity index (χ2n) is 6.10. The van der Waals surface area contributed by atoms with Crippen molar-refractivity contribution in [1.82, 2.24) is 10.2 Å². The van der Waals surface area contributed by atoms with E-state index in [1.54, 1.807) is 4.90 Å². The molecule has 120 valence electrons. The summed E-state index contributed by atoms with van der Waals surface area (Å²) in [6, 6.07) is 5.74. The predicted octanol–water partition coefficient (Wildman–Crippen LogP) is 1.67. The number of nitrogens with zero attached hydrogens (tertiary/aromatic N) is 1. The summed E-state index contributed by atoms with van der Waals surface area (Å²) in [5.74, 6) is -0.283. The van der Waals surface area contributed by atoms with E-state index in [1.807, 2.05) is 45.9 Å². The number of aryl methyl sites for hydroxylation is 2. The van der Waals surface area contributed by atoms with Gasteiger partial charge in [0.05, 0.1) is 31.8 Å². The molecule has 2 atom stereocenters. The molecule has 5 nitrogen and oxygen atoms in total. The van der Waals surface area contributed by atoms with Gasteiger partial charge in [-0.05, 0) is 39.8 Å². The number of carbonyl (C=O) groups is 2. The van der Waals surface area contributed by atoms with Crippen LogP contribution in [0, 0.1) is 13.8 Å². The molecule has 1 fully saturated rings. The van der Waals surface area contributed by atoms with E-state index in [9.17, 15) is 9.59 Å². The van der Waals surface area contributed by atoms with Crippen molar-refractivity contribution in [2.45, 2.75) is 39.8 Å². The molecule has 0 bridgehead atoms. The van der Waals surface area contributed by atoms with Gasteiger partial charge >= 0.3 is 0 Å². The van der Waals surface area contributed by atoms with Crippen LogP contribution < -0.4 is 5.32 Å². The molecule has 0 aliphatic carbocycles. The molecule has 2 unspecified atom stereocenters. The van der Waals surface area contributed by atoms with Crippen LogP contribution in [0.15, 0.2) is 18.2 Å². The molecule has 1 N–H and O–H groups in total. The van der Waals surface area contributed by atoms with Crippen molar-refractivity contribution in [3.8, 4) is 0 Å². The van der Waals surface area contributed by atoms with Gasteiger partial charge in [0.2, 0.25) is 5.91 Å². The van der Waals surface area contributed by atoms with Crippen LogP contribution in [-0.4, -0.2) is 48.6 Å². The molecule has 1 saturated heterocycles. The molecule has 1 aliphatic heterocycles. The Bertz CT molecular complexity index is 541. The van der Waals surface area contributed by atoms with Gasteiger partial charge in [-0.1, -0.05) is 17.2 Å². The Kier molecular flexibility index (Phi) is 5.19. The number of rotatable bonds is 3. The first-order chi connectivity index (χ1) is 10.4. The van der Waals surface area contributed by atoms with Crippen molar-refractivity contribution < 1.29 is 14.3 Å². The largest absolute Gasteiger partial charge is 0.377 e. The van der Waals surface area contributed by atoms with Crippen LogP contribution in [-0.2, 0) is 9.53 Å². The zero-order chi connectivity index (χ0) is 16.3. The normalized spacial score (nSPS) is 21.5. The van der Waals surface area contributed by atoms with Crippen molar-refractivity contribution in [2.75, 3.05) is 19.8 Å². The summed E-state index contributed by atoms with van der Waals surface area (Å²) in [7, 11) is 0. The number of amides is 2. The predicted molar refractivity (Wildman–Crippen MR) is 84.8 cm³/mol. The minimum Gasteiger partial charge on any atom is -0.377 e. The van der Waals surface area contributed by atoms with Gasteiger partial charge in [-0.3, -0.25) is 9.59 Å². The van der Waals surface area contributed by atoms with Crippen LogP contribution in [0.25, 0.3) is 0 Å². The number of morpholine rings is 1. The van der Waals surface area contributed by atoms with Crippen LogP contribution in [0.4, 0.5) is 0 Å². The fourth-order valence-corrected chi connectivity index (χ4v) is 2.95. The molecule has 0 aromatic heterocycles. The van der Waals surface area contributed by atoms with Crippen LogP contribution in [0.5, 0.6) is 0 Å². The van der Waals surface area contributed by atoms with Crippen LogP contribution in [0.1, 0.15) is 35.3 Å². The van der Waals surface area contributed by atoms with E-state index in [0.717, 1.165) is 11.1 Å². The molecule has 0 radical (unpaired) electrons. The molecular formula is C17H24N2O3. The first kappa shape index (κ1) is 16.5.